The van der Waals surface area contributed by atoms with Gasteiger partial charge in [-0.3, -0.25) is 10.1 Å². The molecule has 0 spiro atoms. The maximum Gasteiger partial charge on any atom is 0.293 e. The number of benzene rings is 1. The summed E-state index contributed by atoms with van der Waals surface area (Å²) in [6.07, 6.45) is 5.04. The van der Waals surface area contributed by atoms with Gasteiger partial charge >= 0.3 is 0 Å². The van der Waals surface area contributed by atoms with Gasteiger partial charge in [-0.05, 0) is 62.5 Å². The summed E-state index contributed by atoms with van der Waals surface area (Å²) in [6.45, 7) is 0. The Morgan fingerprint density at radius 3 is 2.40 bits per heavy atom. The molecule has 9 heteroatoms. The molecule has 25 heavy (non-hydrogen) atoms. The zero-order valence-corrected chi connectivity index (χ0v) is 14.5. The number of nitro benzene ring substituents is 1. The highest BCUT2D eigenvalue weighted by molar-refractivity contribution is 7.89. The largest absolute Gasteiger partial charge is 0.390 e. The molecule has 4 bridgehead atoms. The highest BCUT2D eigenvalue weighted by Gasteiger charge is 2.57. The van der Waals surface area contributed by atoms with Gasteiger partial charge in [-0.25, -0.2) is 13.6 Å². The molecule has 2 atom stereocenters. The molecule has 8 nitrogen and oxygen atoms in total. The zero-order chi connectivity index (χ0) is 18.0. The van der Waals surface area contributed by atoms with Crippen molar-refractivity contribution in [2.45, 2.75) is 54.6 Å². The summed E-state index contributed by atoms with van der Waals surface area (Å²) in [4.78, 5) is 10.5. The summed E-state index contributed by atoms with van der Waals surface area (Å²) in [7, 11) is -4.01. The van der Waals surface area contributed by atoms with Crippen LogP contribution in [0.5, 0.6) is 0 Å². The molecule has 4 aliphatic carbocycles. The lowest BCUT2D eigenvalue weighted by Crippen LogP contribution is -2.62. The monoisotopic (exact) mass is 367 g/mol. The van der Waals surface area contributed by atoms with Gasteiger partial charge in [0.15, 0.2) is 0 Å². The van der Waals surface area contributed by atoms with Gasteiger partial charge < -0.3 is 10.4 Å². The molecule has 0 amide bonds. The normalized spacial score (nSPS) is 36.4. The third-order valence-electron chi connectivity index (χ3n) is 5.92. The van der Waals surface area contributed by atoms with Gasteiger partial charge in [0.2, 0.25) is 10.0 Å². The molecular weight excluding hydrogens is 346 g/mol. The van der Waals surface area contributed by atoms with Crippen molar-refractivity contribution >= 4 is 21.4 Å². The van der Waals surface area contributed by atoms with Crippen LogP contribution in [-0.4, -0.2) is 29.6 Å². The van der Waals surface area contributed by atoms with Gasteiger partial charge in [0.1, 0.15) is 5.69 Å². The first-order valence-electron chi connectivity index (χ1n) is 8.39. The molecule has 0 aliphatic heterocycles. The summed E-state index contributed by atoms with van der Waals surface area (Å²) in [6, 6.07) is 3.67. The molecule has 5 rings (SSSR count). The Labute approximate surface area is 145 Å². The number of nitrogens with two attached hydrogens (primary N) is 1. The van der Waals surface area contributed by atoms with Crippen LogP contribution in [0, 0.1) is 22.0 Å². The van der Waals surface area contributed by atoms with Crippen LogP contribution in [0.2, 0.25) is 0 Å². The molecule has 2 unspecified atom stereocenters. The summed E-state index contributed by atoms with van der Waals surface area (Å²) < 4.78 is 22.9. The minimum Gasteiger partial charge on any atom is -0.390 e. The van der Waals surface area contributed by atoms with E-state index in [1.165, 1.54) is 12.1 Å². The van der Waals surface area contributed by atoms with Gasteiger partial charge in [0, 0.05) is 11.6 Å². The molecule has 136 valence electrons. The topological polar surface area (TPSA) is 136 Å². The molecule has 4 saturated carbocycles. The van der Waals surface area contributed by atoms with Crippen molar-refractivity contribution in [1.82, 2.24) is 0 Å². The van der Waals surface area contributed by atoms with E-state index in [0.717, 1.165) is 38.2 Å². The van der Waals surface area contributed by atoms with E-state index < -0.39 is 20.5 Å². The Balaban J connectivity index is 1.70. The average Bonchev–Trinajstić information content (AvgIpc) is 2.42. The molecule has 0 radical (unpaired) electrons. The number of nitro groups is 1. The van der Waals surface area contributed by atoms with Crippen LogP contribution >= 0.6 is 0 Å². The predicted octanol–water partition coefficient (Wildman–Crippen LogP) is 1.74. The number of aliphatic hydroxyl groups is 1. The van der Waals surface area contributed by atoms with Gasteiger partial charge in [0.25, 0.3) is 5.69 Å². The fourth-order valence-corrected chi connectivity index (χ4v) is 6.12. The van der Waals surface area contributed by atoms with Crippen molar-refractivity contribution in [3.63, 3.8) is 0 Å². The van der Waals surface area contributed by atoms with Crippen LogP contribution in [0.3, 0.4) is 0 Å². The summed E-state index contributed by atoms with van der Waals surface area (Å²) >= 11 is 0. The molecule has 4 fully saturated rings. The number of nitrogens with one attached hydrogen (secondary N) is 1. The predicted molar refractivity (Wildman–Crippen MR) is 90.5 cm³/mol. The van der Waals surface area contributed by atoms with Crippen LogP contribution in [0.25, 0.3) is 0 Å². The molecule has 4 N–H and O–H groups in total. The SMILES string of the molecule is NS(=O)(=O)c1ccc(NC23CC4CC(CC(O)(C4)C2)C3)c([N+](=O)[O-])c1. The first kappa shape index (κ1) is 16.7. The van der Waals surface area contributed by atoms with Crippen molar-refractivity contribution < 1.29 is 18.4 Å². The smallest absolute Gasteiger partial charge is 0.293 e. The summed E-state index contributed by atoms with van der Waals surface area (Å²) in [5.41, 5.74) is -1.09. The second kappa shape index (κ2) is 5.15. The zero-order valence-electron chi connectivity index (χ0n) is 13.6. The van der Waals surface area contributed by atoms with Gasteiger partial charge in [-0.1, -0.05) is 0 Å². The van der Waals surface area contributed by atoms with Gasteiger partial charge in [-0.15, -0.1) is 0 Å². The fourth-order valence-electron chi connectivity index (χ4n) is 5.59. The molecule has 0 heterocycles. The van der Waals surface area contributed by atoms with Crippen LogP contribution in [0.15, 0.2) is 23.1 Å². The number of sulfonamides is 1. The maximum atomic E-state index is 11.5. The lowest BCUT2D eigenvalue weighted by molar-refractivity contribution is -0.384. The molecule has 0 aromatic heterocycles. The first-order chi connectivity index (χ1) is 11.6. The van der Waals surface area contributed by atoms with Crippen LogP contribution in [0.1, 0.15) is 38.5 Å². The van der Waals surface area contributed by atoms with Crippen molar-refractivity contribution in [2.75, 3.05) is 5.32 Å². The maximum absolute atomic E-state index is 11.5. The van der Waals surface area contributed by atoms with E-state index in [1.54, 1.807) is 0 Å². The van der Waals surface area contributed by atoms with Crippen molar-refractivity contribution in [3.05, 3.63) is 28.3 Å². The molecule has 1 aromatic carbocycles. The molecular formula is C16H21N3O5S. The fraction of sp³-hybridized carbons (Fsp3) is 0.625. The second-order valence-electron chi connectivity index (χ2n) is 8.07. The minimum absolute atomic E-state index is 0.281. The quantitative estimate of drug-likeness (QED) is 0.548. The van der Waals surface area contributed by atoms with E-state index in [2.05, 4.69) is 5.32 Å². The number of nitrogens with zero attached hydrogens (tertiary/aromatic N) is 1. The van der Waals surface area contributed by atoms with Gasteiger partial charge in [-0.2, -0.15) is 0 Å². The Morgan fingerprint density at radius 2 is 1.88 bits per heavy atom. The molecule has 4 aliphatic rings. The Kier molecular flexibility index (Phi) is 3.45. The minimum atomic E-state index is -4.01. The lowest BCUT2D eigenvalue weighted by atomic mass is 9.51. The Hall–Kier alpha value is -1.71. The number of hydrogen-bond donors (Lipinski definition) is 3. The van der Waals surface area contributed by atoms with Crippen molar-refractivity contribution in [1.29, 1.82) is 0 Å². The third-order valence-corrected chi connectivity index (χ3v) is 6.84. The standard InChI is InChI=1S/C16H21N3O5S/c17-25(23,24)12-1-2-13(14(4-12)19(21)22)18-15-5-10-3-11(6-15)8-16(20,7-10)9-15/h1-2,4,10-11,18,20H,3,5-9H2,(H2,17,23,24). The molecule has 0 saturated heterocycles. The number of rotatable bonds is 4. The average molecular weight is 367 g/mol. The van der Waals surface area contributed by atoms with Crippen LogP contribution in [-0.2, 0) is 10.0 Å². The van der Waals surface area contributed by atoms with E-state index in [0.29, 0.717) is 18.3 Å². The first-order valence-corrected chi connectivity index (χ1v) is 9.94. The van der Waals surface area contributed by atoms with Crippen LogP contribution in [0.4, 0.5) is 11.4 Å². The van der Waals surface area contributed by atoms with Crippen molar-refractivity contribution in [2.24, 2.45) is 17.0 Å². The molecule has 1 aromatic rings. The number of hydrogen-bond acceptors (Lipinski definition) is 6. The van der Waals surface area contributed by atoms with Crippen LogP contribution < -0.4 is 10.5 Å². The summed E-state index contributed by atoms with van der Waals surface area (Å²) in [5.74, 6) is 0.864. The second-order valence-corrected chi connectivity index (χ2v) is 9.63. The Bertz CT molecular complexity index is 839. The van der Waals surface area contributed by atoms with E-state index in [-0.39, 0.29) is 21.8 Å². The van der Waals surface area contributed by atoms with E-state index >= 15 is 0 Å². The van der Waals surface area contributed by atoms with Crippen molar-refractivity contribution in [3.8, 4) is 0 Å². The van der Waals surface area contributed by atoms with E-state index in [4.69, 9.17) is 5.14 Å². The highest BCUT2D eigenvalue weighted by atomic mass is 32.2. The number of primary sulfonamides is 1. The highest BCUT2D eigenvalue weighted by Crippen LogP contribution is 2.58. The Morgan fingerprint density at radius 1 is 1.24 bits per heavy atom. The van der Waals surface area contributed by atoms with E-state index in [9.17, 15) is 23.6 Å². The van der Waals surface area contributed by atoms with Gasteiger partial charge in [0.05, 0.1) is 15.4 Å². The van der Waals surface area contributed by atoms with E-state index in [1.807, 2.05) is 0 Å². The third kappa shape index (κ3) is 2.90. The summed E-state index contributed by atoms with van der Waals surface area (Å²) in [5, 5.41) is 30.6. The lowest BCUT2D eigenvalue weighted by Gasteiger charge is -2.60. The number of anilines is 1.